The van der Waals surface area contributed by atoms with Crippen molar-refractivity contribution in [2.75, 3.05) is 12.4 Å². The van der Waals surface area contributed by atoms with Crippen LogP contribution in [-0.4, -0.2) is 18.6 Å². The van der Waals surface area contributed by atoms with Crippen LogP contribution in [0.1, 0.15) is 26.7 Å². The highest BCUT2D eigenvalue weighted by molar-refractivity contribution is 9.10. The van der Waals surface area contributed by atoms with Crippen LogP contribution in [0.5, 0.6) is 5.75 Å². The minimum absolute atomic E-state index is 0.0436. The van der Waals surface area contributed by atoms with E-state index in [1.165, 1.54) is 0 Å². The maximum absolute atomic E-state index is 11.7. The summed E-state index contributed by atoms with van der Waals surface area (Å²) in [5.74, 6) is 0.643. The average Bonchev–Trinajstić information content (AvgIpc) is 2.28. The Hall–Kier alpha value is -1.07. The number of ether oxygens (including phenoxy) is 1. The number of carbonyl (C=O) groups excluding carboxylic acids is 1. The zero-order valence-corrected chi connectivity index (χ0v) is 12.5. The Labute approximate surface area is 116 Å². The van der Waals surface area contributed by atoms with E-state index in [-0.39, 0.29) is 11.4 Å². The Balaban J connectivity index is 2.59. The highest BCUT2D eigenvalue weighted by Crippen LogP contribution is 2.27. The van der Waals surface area contributed by atoms with Crippen LogP contribution in [0, 0.1) is 0 Å². The van der Waals surface area contributed by atoms with Crippen LogP contribution < -0.4 is 15.8 Å². The van der Waals surface area contributed by atoms with Gasteiger partial charge in [0, 0.05) is 23.7 Å². The molecule has 4 nitrogen and oxygen atoms in total. The van der Waals surface area contributed by atoms with E-state index in [1.54, 1.807) is 13.2 Å². The van der Waals surface area contributed by atoms with E-state index in [9.17, 15) is 4.79 Å². The number of nitrogens with one attached hydrogen (secondary N) is 1. The molecule has 0 saturated heterocycles. The molecule has 1 aromatic carbocycles. The van der Waals surface area contributed by atoms with Crippen molar-refractivity contribution in [2.45, 2.75) is 32.2 Å². The van der Waals surface area contributed by atoms with E-state index >= 15 is 0 Å². The molecule has 0 unspecified atom stereocenters. The lowest BCUT2D eigenvalue weighted by Gasteiger charge is -2.17. The van der Waals surface area contributed by atoms with Crippen molar-refractivity contribution >= 4 is 27.5 Å². The molecule has 0 spiro atoms. The molecule has 0 aromatic heterocycles. The van der Waals surface area contributed by atoms with Gasteiger partial charge in [-0.3, -0.25) is 4.79 Å². The second-order valence-corrected chi connectivity index (χ2v) is 5.74. The molecule has 0 radical (unpaired) electrons. The zero-order valence-electron chi connectivity index (χ0n) is 10.9. The fourth-order valence-corrected chi connectivity index (χ4v) is 1.81. The van der Waals surface area contributed by atoms with E-state index in [4.69, 9.17) is 10.5 Å². The number of carbonyl (C=O) groups is 1. The summed E-state index contributed by atoms with van der Waals surface area (Å²) in [6, 6.07) is 5.43. The smallest absolute Gasteiger partial charge is 0.224 e. The summed E-state index contributed by atoms with van der Waals surface area (Å²) >= 11 is 3.36. The Kier molecular flexibility index (Phi) is 5.16. The van der Waals surface area contributed by atoms with Gasteiger partial charge in [0.1, 0.15) is 5.75 Å². The number of hydrogen-bond donors (Lipinski definition) is 2. The number of benzene rings is 1. The number of nitrogens with two attached hydrogens (primary N) is 1. The molecular weight excluding hydrogens is 296 g/mol. The van der Waals surface area contributed by atoms with Crippen LogP contribution >= 0.6 is 15.9 Å². The lowest BCUT2D eigenvalue weighted by atomic mass is 10.00. The first kappa shape index (κ1) is 15.0. The van der Waals surface area contributed by atoms with Gasteiger partial charge < -0.3 is 15.8 Å². The normalized spacial score (nSPS) is 11.2. The van der Waals surface area contributed by atoms with E-state index < -0.39 is 0 Å². The highest BCUT2D eigenvalue weighted by Gasteiger charge is 2.13. The molecule has 0 fully saturated rings. The Morgan fingerprint density at radius 3 is 2.72 bits per heavy atom. The van der Waals surface area contributed by atoms with Gasteiger partial charge in [-0.25, -0.2) is 0 Å². The number of hydrogen-bond acceptors (Lipinski definition) is 3. The van der Waals surface area contributed by atoms with Gasteiger partial charge in [0.15, 0.2) is 0 Å². The summed E-state index contributed by atoms with van der Waals surface area (Å²) in [7, 11) is 1.59. The van der Waals surface area contributed by atoms with Crippen molar-refractivity contribution in [3.63, 3.8) is 0 Å². The monoisotopic (exact) mass is 314 g/mol. The van der Waals surface area contributed by atoms with Crippen LogP contribution in [0.3, 0.4) is 0 Å². The summed E-state index contributed by atoms with van der Waals surface area (Å²) in [6.45, 7) is 3.81. The first-order valence-corrected chi connectivity index (χ1v) is 6.53. The number of methoxy groups -OCH3 is 1. The third-order valence-corrected chi connectivity index (χ3v) is 3.09. The summed E-state index contributed by atoms with van der Waals surface area (Å²) in [4.78, 5) is 11.7. The summed E-state index contributed by atoms with van der Waals surface area (Å²) < 4.78 is 6.02. The van der Waals surface area contributed by atoms with Crippen LogP contribution in [0.15, 0.2) is 22.7 Å². The van der Waals surface area contributed by atoms with E-state index in [0.717, 1.165) is 10.2 Å². The van der Waals surface area contributed by atoms with Gasteiger partial charge >= 0.3 is 0 Å². The van der Waals surface area contributed by atoms with E-state index in [0.29, 0.717) is 18.6 Å². The Morgan fingerprint density at radius 1 is 1.50 bits per heavy atom. The standard InChI is InChI=1S/C13H19BrN2O2/c1-13(2,15)7-6-12(17)16-9-4-5-10(14)11(8-9)18-3/h4-5,8H,6-7,15H2,1-3H3,(H,16,17). The number of halogens is 1. The second kappa shape index (κ2) is 6.20. The third-order valence-electron chi connectivity index (χ3n) is 2.43. The van der Waals surface area contributed by atoms with Crippen LogP contribution in [0.2, 0.25) is 0 Å². The molecule has 1 aromatic rings. The molecule has 1 amide bonds. The second-order valence-electron chi connectivity index (χ2n) is 4.89. The van der Waals surface area contributed by atoms with Gasteiger partial charge in [0.05, 0.1) is 11.6 Å². The van der Waals surface area contributed by atoms with Crippen LogP contribution in [0.4, 0.5) is 5.69 Å². The van der Waals surface area contributed by atoms with Crippen LogP contribution in [-0.2, 0) is 4.79 Å². The van der Waals surface area contributed by atoms with Gasteiger partial charge in [-0.1, -0.05) is 0 Å². The highest BCUT2D eigenvalue weighted by atomic mass is 79.9. The molecule has 0 saturated carbocycles. The quantitative estimate of drug-likeness (QED) is 0.878. The molecule has 1 rings (SSSR count). The molecule has 0 bridgehead atoms. The Bertz CT molecular complexity index is 427. The lowest BCUT2D eigenvalue weighted by Crippen LogP contribution is -2.33. The molecule has 5 heteroatoms. The molecule has 0 atom stereocenters. The van der Waals surface area contributed by atoms with Crippen molar-refractivity contribution in [2.24, 2.45) is 5.73 Å². The van der Waals surface area contributed by atoms with Crippen LogP contribution in [0.25, 0.3) is 0 Å². The number of amides is 1. The predicted octanol–water partition coefficient (Wildman–Crippen LogP) is 2.91. The van der Waals surface area contributed by atoms with Gasteiger partial charge in [-0.15, -0.1) is 0 Å². The molecule has 0 aliphatic rings. The van der Waals surface area contributed by atoms with Crippen molar-refractivity contribution < 1.29 is 9.53 Å². The lowest BCUT2D eigenvalue weighted by molar-refractivity contribution is -0.116. The molecule has 0 heterocycles. The number of rotatable bonds is 5. The minimum Gasteiger partial charge on any atom is -0.495 e. The van der Waals surface area contributed by atoms with E-state index in [2.05, 4.69) is 21.2 Å². The van der Waals surface area contributed by atoms with Crippen molar-refractivity contribution in [3.8, 4) is 5.75 Å². The maximum Gasteiger partial charge on any atom is 0.224 e. The number of anilines is 1. The summed E-state index contributed by atoms with van der Waals surface area (Å²) in [5.41, 5.74) is 6.23. The fourth-order valence-electron chi connectivity index (χ4n) is 1.40. The van der Waals surface area contributed by atoms with Crippen molar-refractivity contribution in [1.82, 2.24) is 0 Å². The summed E-state index contributed by atoms with van der Waals surface area (Å²) in [6.07, 6.45) is 1.05. The molecule has 18 heavy (non-hydrogen) atoms. The fraction of sp³-hybridized carbons (Fsp3) is 0.462. The third kappa shape index (κ3) is 5.06. The van der Waals surface area contributed by atoms with Gasteiger partial charge in [-0.2, -0.15) is 0 Å². The first-order chi connectivity index (χ1) is 8.31. The predicted molar refractivity (Wildman–Crippen MR) is 76.8 cm³/mol. The SMILES string of the molecule is COc1cc(NC(=O)CCC(C)(C)N)ccc1Br. The topological polar surface area (TPSA) is 64.3 Å². The van der Waals surface area contributed by atoms with Gasteiger partial charge in [-0.05, 0) is 48.3 Å². The maximum atomic E-state index is 11.7. The van der Waals surface area contributed by atoms with E-state index in [1.807, 2.05) is 26.0 Å². The minimum atomic E-state index is -0.325. The molecule has 0 aliphatic carbocycles. The molecule has 3 N–H and O–H groups in total. The molecule has 0 aliphatic heterocycles. The Morgan fingerprint density at radius 2 is 2.17 bits per heavy atom. The largest absolute Gasteiger partial charge is 0.495 e. The van der Waals surface area contributed by atoms with Crippen molar-refractivity contribution in [1.29, 1.82) is 0 Å². The van der Waals surface area contributed by atoms with Gasteiger partial charge in [0.2, 0.25) is 5.91 Å². The summed E-state index contributed by atoms with van der Waals surface area (Å²) in [5, 5.41) is 2.82. The average molecular weight is 315 g/mol. The molecular formula is C13H19BrN2O2. The zero-order chi connectivity index (χ0) is 13.8. The molecule has 100 valence electrons. The van der Waals surface area contributed by atoms with Crippen molar-refractivity contribution in [3.05, 3.63) is 22.7 Å². The first-order valence-electron chi connectivity index (χ1n) is 5.74. The van der Waals surface area contributed by atoms with Gasteiger partial charge in [0.25, 0.3) is 0 Å².